The monoisotopic (exact) mass is 637 g/mol. The van der Waals surface area contributed by atoms with Gasteiger partial charge in [-0.05, 0) is 148 Å². The van der Waals surface area contributed by atoms with Crippen molar-refractivity contribution in [1.82, 2.24) is 5.32 Å². The molecule has 9 rings (SSSR count). The van der Waals surface area contributed by atoms with Crippen molar-refractivity contribution in [2.24, 2.45) is 51.8 Å². The van der Waals surface area contributed by atoms with E-state index in [0.29, 0.717) is 43.7 Å². The first-order valence-electron chi connectivity index (χ1n) is 18.5. The number of hydrogen-bond donors (Lipinski definition) is 1. The van der Waals surface area contributed by atoms with Crippen LogP contribution in [0.4, 0.5) is 0 Å². The van der Waals surface area contributed by atoms with Crippen LogP contribution < -0.4 is 5.32 Å². The summed E-state index contributed by atoms with van der Waals surface area (Å²) in [7, 11) is 0. The van der Waals surface area contributed by atoms with E-state index in [-0.39, 0.29) is 50.5 Å². The van der Waals surface area contributed by atoms with Gasteiger partial charge in [-0.15, -0.1) is 0 Å². The van der Waals surface area contributed by atoms with Crippen LogP contribution in [0.15, 0.2) is 11.6 Å². The van der Waals surface area contributed by atoms with Gasteiger partial charge in [-0.25, -0.2) is 0 Å². The van der Waals surface area contributed by atoms with Crippen molar-refractivity contribution in [2.75, 3.05) is 26.4 Å². The Balaban J connectivity index is 0.879. The predicted octanol–water partition coefficient (Wildman–Crippen LogP) is 7.05. The SMILES string of the molecule is CC12CCC(=O)C=C1C[C@@H](SC(=O)COCCNC(=O)CC13CC4CC(CC(C4)C1)C3)C1C2CCC2(C)C1CC[C@@]21CCCO1. The van der Waals surface area contributed by atoms with Gasteiger partial charge in [0.15, 0.2) is 5.78 Å². The van der Waals surface area contributed by atoms with Gasteiger partial charge in [-0.3, -0.25) is 14.4 Å². The Morgan fingerprint density at radius 1 is 1.00 bits per heavy atom. The molecule has 1 amide bonds. The largest absolute Gasteiger partial charge is 0.374 e. The molecule has 8 aliphatic carbocycles. The third kappa shape index (κ3) is 5.23. The maximum Gasteiger partial charge on any atom is 0.220 e. The second-order valence-electron chi connectivity index (χ2n) is 17.5. The molecular weight excluding hydrogens is 582 g/mol. The third-order valence-corrected chi connectivity index (χ3v) is 16.3. The van der Waals surface area contributed by atoms with Crippen LogP contribution in [0, 0.1) is 51.8 Å². The van der Waals surface area contributed by atoms with Gasteiger partial charge in [0.2, 0.25) is 11.0 Å². The summed E-state index contributed by atoms with van der Waals surface area (Å²) in [6.07, 6.45) is 20.0. The van der Waals surface area contributed by atoms with Crippen LogP contribution >= 0.6 is 11.8 Å². The first-order valence-corrected chi connectivity index (χ1v) is 19.4. The molecule has 0 aromatic heterocycles. The molecule has 0 aromatic rings. The number of carbonyl (C=O) groups excluding carboxylic acids is 3. The van der Waals surface area contributed by atoms with Crippen LogP contribution in [0.25, 0.3) is 0 Å². The summed E-state index contributed by atoms with van der Waals surface area (Å²) in [6, 6.07) is 0. The molecular formula is C38H55NO5S. The highest BCUT2D eigenvalue weighted by Crippen LogP contribution is 2.70. The lowest BCUT2D eigenvalue weighted by molar-refractivity contribution is -0.135. The Labute approximate surface area is 274 Å². The fraction of sp³-hybridized carbons (Fsp3) is 0.868. The predicted molar refractivity (Wildman–Crippen MR) is 175 cm³/mol. The number of thioether (sulfide) groups is 1. The van der Waals surface area contributed by atoms with Gasteiger partial charge in [0.05, 0.1) is 12.2 Å². The molecule has 248 valence electrons. The van der Waals surface area contributed by atoms with E-state index in [9.17, 15) is 14.4 Å². The molecule has 9 aliphatic rings. The van der Waals surface area contributed by atoms with Gasteiger partial charge in [0.25, 0.3) is 0 Å². The average molecular weight is 638 g/mol. The van der Waals surface area contributed by atoms with E-state index in [4.69, 9.17) is 9.47 Å². The topological polar surface area (TPSA) is 81.7 Å². The highest BCUT2D eigenvalue weighted by atomic mass is 32.2. The summed E-state index contributed by atoms with van der Waals surface area (Å²) >= 11 is 1.50. The zero-order valence-corrected chi connectivity index (χ0v) is 28.5. The lowest BCUT2D eigenvalue weighted by Crippen LogP contribution is -2.57. The molecule has 1 saturated heterocycles. The van der Waals surface area contributed by atoms with Crippen LogP contribution in [0.3, 0.4) is 0 Å². The highest BCUT2D eigenvalue weighted by molar-refractivity contribution is 8.14. The molecule has 7 heteroatoms. The summed E-state index contributed by atoms with van der Waals surface area (Å²) in [5.41, 5.74) is 1.79. The molecule has 0 radical (unpaired) electrons. The highest BCUT2D eigenvalue weighted by Gasteiger charge is 2.67. The van der Waals surface area contributed by atoms with E-state index < -0.39 is 0 Å². The van der Waals surface area contributed by atoms with E-state index >= 15 is 0 Å². The minimum Gasteiger partial charge on any atom is -0.374 e. The number of nitrogens with one attached hydrogen (secondary N) is 1. The van der Waals surface area contributed by atoms with E-state index in [1.54, 1.807) is 0 Å². The standard InChI is InChI=1S/C38H55NO5S/c1-35-8-4-28(40)17-27(35)18-31(34-29(35)5-9-36(2)30(34)6-10-38(36)7-3-12-44-38)45-33(42)23-43-13-11-39-32(41)22-37-19-24-14-25(20-37)16-26(15-24)21-37/h17,24-26,29-31,34H,3-16,18-23H2,1-2H3,(H,39,41)/t24?,25?,26?,29?,30?,31-,34?,35?,36?,37?,38+/m1/s1. The van der Waals surface area contributed by atoms with Gasteiger partial charge in [-0.2, -0.15) is 0 Å². The molecule has 1 heterocycles. The van der Waals surface area contributed by atoms with Crippen LogP contribution in [0.2, 0.25) is 0 Å². The number of allylic oxidation sites excluding steroid dienone is 1. The van der Waals surface area contributed by atoms with Gasteiger partial charge in [-0.1, -0.05) is 31.2 Å². The Kier molecular flexibility index (Phi) is 7.93. The molecule has 1 aliphatic heterocycles. The third-order valence-electron chi connectivity index (χ3n) is 15.1. The summed E-state index contributed by atoms with van der Waals surface area (Å²) in [5.74, 6) is 4.50. The Morgan fingerprint density at radius 2 is 1.73 bits per heavy atom. The first kappa shape index (κ1) is 31.1. The number of rotatable bonds is 8. The Morgan fingerprint density at radius 3 is 2.44 bits per heavy atom. The fourth-order valence-electron chi connectivity index (χ4n) is 13.6. The lowest BCUT2D eigenvalue weighted by atomic mass is 9.46. The van der Waals surface area contributed by atoms with Crippen molar-refractivity contribution in [3.05, 3.63) is 11.6 Å². The Bertz CT molecular complexity index is 1220. The van der Waals surface area contributed by atoms with Crippen molar-refractivity contribution < 1.29 is 23.9 Å². The van der Waals surface area contributed by atoms with Crippen LogP contribution in [0.5, 0.6) is 0 Å². The summed E-state index contributed by atoms with van der Waals surface area (Å²) in [5, 5.41) is 3.37. The molecule has 4 bridgehead atoms. The van der Waals surface area contributed by atoms with E-state index in [1.165, 1.54) is 81.5 Å². The number of ketones is 1. The van der Waals surface area contributed by atoms with Crippen LogP contribution in [-0.2, 0) is 23.9 Å². The van der Waals surface area contributed by atoms with Crippen LogP contribution in [0.1, 0.15) is 117 Å². The van der Waals surface area contributed by atoms with Crippen molar-refractivity contribution in [3.63, 3.8) is 0 Å². The van der Waals surface area contributed by atoms with E-state index in [0.717, 1.165) is 50.0 Å². The molecule has 7 atom stereocenters. The van der Waals surface area contributed by atoms with E-state index in [2.05, 4.69) is 19.2 Å². The maximum absolute atomic E-state index is 13.5. The first-order chi connectivity index (χ1) is 21.6. The normalized spacial score (nSPS) is 47.7. The zero-order chi connectivity index (χ0) is 31.0. The van der Waals surface area contributed by atoms with Crippen molar-refractivity contribution in [1.29, 1.82) is 0 Å². The minimum absolute atomic E-state index is 0.0185. The second kappa shape index (κ2) is 11.5. The molecule has 1 N–H and O–H groups in total. The molecule has 5 unspecified atom stereocenters. The number of fused-ring (bicyclic) bond motifs is 6. The molecule has 1 spiro atoms. The van der Waals surface area contributed by atoms with Crippen LogP contribution in [-0.4, -0.2) is 54.0 Å². The smallest absolute Gasteiger partial charge is 0.220 e. The van der Waals surface area contributed by atoms with Crippen molar-refractivity contribution in [3.8, 4) is 0 Å². The Hall–Kier alpha value is -1.18. The van der Waals surface area contributed by atoms with Gasteiger partial charge < -0.3 is 14.8 Å². The second-order valence-corrected chi connectivity index (χ2v) is 18.8. The lowest BCUT2D eigenvalue weighted by Gasteiger charge is -2.61. The quantitative estimate of drug-likeness (QED) is 0.288. The van der Waals surface area contributed by atoms with Gasteiger partial charge >= 0.3 is 0 Å². The summed E-state index contributed by atoms with van der Waals surface area (Å²) in [4.78, 5) is 39.0. The fourth-order valence-corrected chi connectivity index (χ4v) is 14.9. The summed E-state index contributed by atoms with van der Waals surface area (Å²) in [6.45, 7) is 6.73. The van der Waals surface area contributed by atoms with E-state index in [1.807, 2.05) is 6.08 Å². The number of hydrogen-bond acceptors (Lipinski definition) is 6. The molecule has 8 fully saturated rings. The molecule has 6 nitrogen and oxygen atoms in total. The minimum atomic E-state index is 0.0185. The van der Waals surface area contributed by atoms with Crippen molar-refractivity contribution >= 4 is 28.6 Å². The molecule has 7 saturated carbocycles. The van der Waals surface area contributed by atoms with Crippen molar-refractivity contribution in [2.45, 2.75) is 127 Å². The van der Waals surface area contributed by atoms with Gasteiger partial charge in [0.1, 0.15) is 6.61 Å². The zero-order valence-electron chi connectivity index (χ0n) is 27.7. The number of amides is 1. The molecule has 0 aromatic carbocycles. The average Bonchev–Trinajstić information content (AvgIpc) is 3.58. The number of carbonyl (C=O) groups is 3. The van der Waals surface area contributed by atoms with Gasteiger partial charge in [0, 0.05) is 31.2 Å². The number of ether oxygens (including phenoxy) is 2. The maximum atomic E-state index is 13.5. The molecule has 45 heavy (non-hydrogen) atoms. The summed E-state index contributed by atoms with van der Waals surface area (Å²) < 4.78 is 12.5.